The van der Waals surface area contributed by atoms with Crippen LogP contribution in [-0.4, -0.2) is 9.97 Å². The molecular formula is C13H9N3S. The fourth-order valence-corrected chi connectivity index (χ4v) is 2.71. The molecule has 1 N–H and O–H groups in total. The van der Waals surface area contributed by atoms with Gasteiger partial charge in [0.2, 0.25) is 0 Å². The summed E-state index contributed by atoms with van der Waals surface area (Å²) in [6, 6.07) is 10.3. The Bertz CT molecular complexity index is 703. The minimum Gasteiger partial charge on any atom is -0.360 e. The van der Waals surface area contributed by atoms with Crippen LogP contribution in [0.25, 0.3) is 21.5 Å². The molecule has 0 fully saturated rings. The number of nitrogens with zero attached hydrogens (tertiary/aromatic N) is 2. The molecule has 0 saturated heterocycles. The van der Waals surface area contributed by atoms with Crippen LogP contribution in [0, 0.1) is 11.3 Å². The van der Waals surface area contributed by atoms with Crippen molar-refractivity contribution in [3.63, 3.8) is 0 Å². The Labute approximate surface area is 102 Å². The van der Waals surface area contributed by atoms with E-state index in [1.807, 2.05) is 24.4 Å². The molecule has 0 spiro atoms. The van der Waals surface area contributed by atoms with E-state index in [0.717, 1.165) is 21.0 Å². The molecule has 0 bridgehead atoms. The maximum absolute atomic E-state index is 8.65. The number of para-hydroxylation sites is 1. The first-order valence-electron chi connectivity index (χ1n) is 5.26. The summed E-state index contributed by atoms with van der Waals surface area (Å²) in [5, 5.41) is 10.8. The number of aromatic amines is 1. The highest BCUT2D eigenvalue weighted by atomic mass is 32.1. The Morgan fingerprint density at radius 3 is 3.12 bits per heavy atom. The smallest absolute Gasteiger partial charge is 0.125 e. The van der Waals surface area contributed by atoms with Crippen molar-refractivity contribution in [3.05, 3.63) is 41.5 Å². The van der Waals surface area contributed by atoms with E-state index in [1.165, 1.54) is 5.39 Å². The predicted molar refractivity (Wildman–Crippen MR) is 68.7 cm³/mol. The van der Waals surface area contributed by atoms with Crippen molar-refractivity contribution in [2.75, 3.05) is 0 Å². The lowest BCUT2D eigenvalue weighted by Crippen LogP contribution is -1.70. The summed E-state index contributed by atoms with van der Waals surface area (Å²) in [6.07, 6.45) is 4.19. The zero-order valence-corrected chi connectivity index (χ0v) is 9.79. The van der Waals surface area contributed by atoms with Crippen LogP contribution in [0.3, 0.4) is 0 Å². The van der Waals surface area contributed by atoms with Crippen molar-refractivity contribution < 1.29 is 0 Å². The number of hydrogen-bond donors (Lipinski definition) is 1. The van der Waals surface area contributed by atoms with Gasteiger partial charge in [-0.1, -0.05) is 18.2 Å². The van der Waals surface area contributed by atoms with E-state index >= 15 is 0 Å². The fourth-order valence-electron chi connectivity index (χ4n) is 1.84. The maximum atomic E-state index is 8.65. The molecule has 2 aromatic heterocycles. The summed E-state index contributed by atoms with van der Waals surface area (Å²) in [6.45, 7) is 0. The van der Waals surface area contributed by atoms with E-state index in [-0.39, 0.29) is 0 Å². The lowest BCUT2D eigenvalue weighted by molar-refractivity contribution is 1.28. The molecule has 0 atom stereocenters. The molecular weight excluding hydrogens is 230 g/mol. The number of nitriles is 1. The van der Waals surface area contributed by atoms with Crippen molar-refractivity contribution in [2.24, 2.45) is 0 Å². The largest absolute Gasteiger partial charge is 0.360 e. The number of hydrogen-bond acceptors (Lipinski definition) is 3. The summed E-state index contributed by atoms with van der Waals surface area (Å²) in [5.41, 5.74) is 2.22. The number of rotatable bonds is 2. The van der Waals surface area contributed by atoms with E-state index in [0.29, 0.717) is 6.42 Å². The van der Waals surface area contributed by atoms with Crippen LogP contribution in [0.1, 0.15) is 4.88 Å². The predicted octanol–water partition coefficient (Wildman–Crippen LogP) is 3.36. The van der Waals surface area contributed by atoms with Gasteiger partial charge in [0, 0.05) is 33.7 Å². The third-order valence-corrected chi connectivity index (χ3v) is 3.66. The quantitative estimate of drug-likeness (QED) is 0.745. The first kappa shape index (κ1) is 10.1. The maximum Gasteiger partial charge on any atom is 0.125 e. The zero-order chi connectivity index (χ0) is 11.7. The van der Waals surface area contributed by atoms with Crippen LogP contribution in [-0.2, 0) is 6.42 Å². The average molecular weight is 239 g/mol. The molecule has 0 aliphatic carbocycles. The van der Waals surface area contributed by atoms with Gasteiger partial charge in [0.05, 0.1) is 12.5 Å². The molecule has 0 amide bonds. The van der Waals surface area contributed by atoms with Crippen LogP contribution in [0.2, 0.25) is 0 Å². The minimum atomic E-state index is 0.431. The Balaban J connectivity index is 2.11. The van der Waals surface area contributed by atoms with Crippen LogP contribution in [0.4, 0.5) is 0 Å². The van der Waals surface area contributed by atoms with Gasteiger partial charge in [0.25, 0.3) is 0 Å². The highest BCUT2D eigenvalue weighted by Crippen LogP contribution is 2.31. The van der Waals surface area contributed by atoms with Gasteiger partial charge in [-0.15, -0.1) is 11.3 Å². The second-order valence-corrected chi connectivity index (χ2v) is 4.83. The van der Waals surface area contributed by atoms with Crippen LogP contribution in [0.5, 0.6) is 0 Å². The molecule has 17 heavy (non-hydrogen) atoms. The molecule has 4 heteroatoms. The number of aromatic nitrogens is 2. The number of H-pyrrole nitrogens is 1. The molecule has 0 aliphatic heterocycles. The Morgan fingerprint density at radius 2 is 2.24 bits per heavy atom. The molecule has 0 aliphatic rings. The van der Waals surface area contributed by atoms with Crippen LogP contribution in [0.15, 0.2) is 36.7 Å². The number of thiazole rings is 1. The summed E-state index contributed by atoms with van der Waals surface area (Å²) < 4.78 is 0. The van der Waals surface area contributed by atoms with E-state index < -0.39 is 0 Å². The summed E-state index contributed by atoms with van der Waals surface area (Å²) >= 11 is 1.58. The Hall–Kier alpha value is -2.12. The van der Waals surface area contributed by atoms with E-state index in [9.17, 15) is 0 Å². The van der Waals surface area contributed by atoms with Crippen molar-refractivity contribution in [1.82, 2.24) is 9.97 Å². The van der Waals surface area contributed by atoms with E-state index in [2.05, 4.69) is 22.1 Å². The van der Waals surface area contributed by atoms with Gasteiger partial charge < -0.3 is 4.98 Å². The first-order valence-corrected chi connectivity index (χ1v) is 6.08. The molecule has 82 valence electrons. The molecule has 3 nitrogen and oxygen atoms in total. The molecule has 3 aromatic rings. The summed E-state index contributed by atoms with van der Waals surface area (Å²) in [7, 11) is 0. The zero-order valence-electron chi connectivity index (χ0n) is 8.97. The highest BCUT2D eigenvalue weighted by molar-refractivity contribution is 7.15. The van der Waals surface area contributed by atoms with Crippen molar-refractivity contribution in [3.8, 4) is 16.6 Å². The topological polar surface area (TPSA) is 52.5 Å². The van der Waals surface area contributed by atoms with E-state index in [1.54, 1.807) is 17.5 Å². The highest BCUT2D eigenvalue weighted by Gasteiger charge is 2.09. The first-order chi connectivity index (χ1) is 8.38. The summed E-state index contributed by atoms with van der Waals surface area (Å²) in [5.74, 6) is 0. The van der Waals surface area contributed by atoms with Crippen LogP contribution < -0.4 is 0 Å². The monoisotopic (exact) mass is 239 g/mol. The number of fused-ring (bicyclic) bond motifs is 1. The standard InChI is InChI=1S/C13H9N3S/c14-6-5-9-7-16-13(17-9)11-8-15-12-4-2-1-3-10(11)12/h1-4,7-8,15H,5H2. The second kappa shape index (κ2) is 4.04. The lowest BCUT2D eigenvalue weighted by atomic mass is 10.2. The van der Waals surface area contributed by atoms with Gasteiger partial charge in [-0.2, -0.15) is 5.26 Å². The second-order valence-electron chi connectivity index (χ2n) is 3.71. The lowest BCUT2D eigenvalue weighted by Gasteiger charge is -1.92. The number of benzene rings is 1. The average Bonchev–Trinajstić information content (AvgIpc) is 2.95. The molecule has 2 heterocycles. The molecule has 0 radical (unpaired) electrons. The van der Waals surface area contributed by atoms with Crippen molar-refractivity contribution in [1.29, 1.82) is 5.26 Å². The van der Waals surface area contributed by atoms with Gasteiger partial charge in [-0.3, -0.25) is 0 Å². The summed E-state index contributed by atoms with van der Waals surface area (Å²) in [4.78, 5) is 8.61. The molecule has 3 rings (SSSR count). The fraction of sp³-hybridized carbons (Fsp3) is 0.0769. The SMILES string of the molecule is N#CCc1cnc(-c2c[nH]c3ccccc23)s1. The van der Waals surface area contributed by atoms with E-state index in [4.69, 9.17) is 5.26 Å². The molecule has 1 aromatic carbocycles. The van der Waals surface area contributed by atoms with Gasteiger partial charge in [-0.05, 0) is 6.07 Å². The Morgan fingerprint density at radius 1 is 1.35 bits per heavy atom. The minimum absolute atomic E-state index is 0.431. The van der Waals surface area contributed by atoms with Gasteiger partial charge in [0.1, 0.15) is 5.01 Å². The van der Waals surface area contributed by atoms with Gasteiger partial charge in [0.15, 0.2) is 0 Å². The third-order valence-electron chi connectivity index (χ3n) is 2.63. The molecule has 0 unspecified atom stereocenters. The number of nitrogens with one attached hydrogen (secondary N) is 1. The normalized spacial score (nSPS) is 10.5. The van der Waals surface area contributed by atoms with Gasteiger partial charge in [-0.25, -0.2) is 4.98 Å². The third kappa shape index (κ3) is 1.71. The molecule has 0 saturated carbocycles. The van der Waals surface area contributed by atoms with Crippen LogP contribution >= 0.6 is 11.3 Å². The van der Waals surface area contributed by atoms with Crippen molar-refractivity contribution in [2.45, 2.75) is 6.42 Å². The van der Waals surface area contributed by atoms with Gasteiger partial charge >= 0.3 is 0 Å². The Kier molecular flexibility index (Phi) is 2.39. The van der Waals surface area contributed by atoms with Crippen molar-refractivity contribution >= 4 is 22.2 Å².